The molecular formula is C14H21N3O2. The lowest BCUT2D eigenvalue weighted by atomic mass is 10.0. The van der Waals surface area contributed by atoms with Crippen LogP contribution in [0.1, 0.15) is 24.8 Å². The molecule has 0 radical (unpaired) electrons. The quantitative estimate of drug-likeness (QED) is 0.669. The van der Waals surface area contributed by atoms with Crippen LogP contribution in [0.2, 0.25) is 0 Å². The molecule has 1 aliphatic rings. The zero-order chi connectivity index (χ0) is 14.0. The monoisotopic (exact) mass is 263 g/mol. The zero-order valence-corrected chi connectivity index (χ0v) is 11.5. The molecule has 0 heterocycles. The Balaban J connectivity index is 2.26. The molecule has 0 amide bonds. The van der Waals surface area contributed by atoms with Crippen LogP contribution < -0.4 is 10.6 Å². The van der Waals surface area contributed by atoms with Crippen molar-refractivity contribution in [2.24, 2.45) is 11.7 Å². The second kappa shape index (κ2) is 5.57. The number of nitrogens with zero attached hydrogens (tertiary/aromatic N) is 2. The van der Waals surface area contributed by atoms with E-state index in [2.05, 4.69) is 4.90 Å². The van der Waals surface area contributed by atoms with Crippen LogP contribution in [0.3, 0.4) is 0 Å². The van der Waals surface area contributed by atoms with Gasteiger partial charge in [0.25, 0.3) is 5.69 Å². The second-order valence-corrected chi connectivity index (χ2v) is 5.33. The van der Waals surface area contributed by atoms with Gasteiger partial charge in [0.2, 0.25) is 0 Å². The van der Waals surface area contributed by atoms with Gasteiger partial charge in [0.05, 0.1) is 4.92 Å². The number of nitro groups is 1. The summed E-state index contributed by atoms with van der Waals surface area (Å²) in [6.45, 7) is 2.45. The molecule has 0 spiro atoms. The summed E-state index contributed by atoms with van der Waals surface area (Å²) in [5.74, 6) is 0.491. The number of rotatable bonds is 4. The molecule has 5 heteroatoms. The van der Waals surface area contributed by atoms with Crippen LogP contribution in [0.15, 0.2) is 18.2 Å². The Morgan fingerprint density at radius 1 is 1.47 bits per heavy atom. The predicted molar refractivity (Wildman–Crippen MR) is 76.4 cm³/mol. The van der Waals surface area contributed by atoms with Gasteiger partial charge < -0.3 is 10.6 Å². The van der Waals surface area contributed by atoms with Gasteiger partial charge in [0.1, 0.15) is 0 Å². The molecule has 0 aliphatic heterocycles. The fraction of sp³-hybridized carbons (Fsp3) is 0.571. The summed E-state index contributed by atoms with van der Waals surface area (Å²) in [6.07, 6.45) is 3.45. The third kappa shape index (κ3) is 2.71. The Kier molecular flexibility index (Phi) is 4.04. The lowest BCUT2D eigenvalue weighted by molar-refractivity contribution is -0.385. The topological polar surface area (TPSA) is 72.4 Å². The van der Waals surface area contributed by atoms with Crippen LogP contribution in [-0.4, -0.2) is 24.6 Å². The van der Waals surface area contributed by atoms with E-state index in [1.807, 2.05) is 19.2 Å². The van der Waals surface area contributed by atoms with Crippen molar-refractivity contribution in [2.45, 2.75) is 32.2 Å². The molecule has 0 aromatic heterocycles. The highest BCUT2D eigenvalue weighted by atomic mass is 16.6. The standard InChI is InChI=1S/C14H21N3O2/c1-10-6-7-12(8-14(10)17(18)19)16(2)13-5-3-4-11(13)9-15/h6-8,11,13H,3-5,9,15H2,1-2H3. The van der Waals surface area contributed by atoms with Crippen LogP contribution in [-0.2, 0) is 0 Å². The molecule has 1 aromatic rings. The molecule has 19 heavy (non-hydrogen) atoms. The molecule has 1 saturated carbocycles. The first-order valence-corrected chi connectivity index (χ1v) is 6.72. The Morgan fingerprint density at radius 2 is 2.21 bits per heavy atom. The molecule has 2 N–H and O–H groups in total. The van der Waals surface area contributed by atoms with Crippen molar-refractivity contribution in [3.05, 3.63) is 33.9 Å². The van der Waals surface area contributed by atoms with Gasteiger partial charge in [-0.05, 0) is 38.3 Å². The Labute approximate surface area is 113 Å². The second-order valence-electron chi connectivity index (χ2n) is 5.33. The minimum atomic E-state index is -0.318. The van der Waals surface area contributed by atoms with Crippen LogP contribution in [0, 0.1) is 23.0 Å². The summed E-state index contributed by atoms with van der Waals surface area (Å²) in [6, 6.07) is 5.83. The molecule has 1 fully saturated rings. The Hall–Kier alpha value is -1.62. The van der Waals surface area contributed by atoms with E-state index in [1.165, 1.54) is 6.42 Å². The van der Waals surface area contributed by atoms with E-state index in [0.29, 0.717) is 24.1 Å². The maximum absolute atomic E-state index is 11.0. The third-order valence-electron chi connectivity index (χ3n) is 4.22. The Morgan fingerprint density at radius 3 is 2.84 bits per heavy atom. The molecule has 2 unspecified atom stereocenters. The summed E-state index contributed by atoms with van der Waals surface area (Å²) in [7, 11) is 2.01. The van der Waals surface area contributed by atoms with Crippen LogP contribution in [0.4, 0.5) is 11.4 Å². The van der Waals surface area contributed by atoms with Gasteiger partial charge in [-0.15, -0.1) is 0 Å². The van der Waals surface area contributed by atoms with Crippen molar-refractivity contribution in [1.29, 1.82) is 0 Å². The normalized spacial score (nSPS) is 22.5. The lowest BCUT2D eigenvalue weighted by Crippen LogP contribution is -2.37. The maximum Gasteiger partial charge on any atom is 0.274 e. The van der Waals surface area contributed by atoms with Gasteiger partial charge in [0.15, 0.2) is 0 Å². The van der Waals surface area contributed by atoms with Gasteiger partial charge >= 0.3 is 0 Å². The van der Waals surface area contributed by atoms with E-state index < -0.39 is 0 Å². The number of nitro benzene ring substituents is 1. The fourth-order valence-electron chi connectivity index (χ4n) is 3.01. The highest BCUT2D eigenvalue weighted by Gasteiger charge is 2.30. The first kappa shape index (κ1) is 13.8. The van der Waals surface area contributed by atoms with Gasteiger partial charge in [-0.1, -0.05) is 12.5 Å². The van der Waals surface area contributed by atoms with Crippen LogP contribution >= 0.6 is 0 Å². The summed E-state index contributed by atoms with van der Waals surface area (Å²) < 4.78 is 0. The van der Waals surface area contributed by atoms with Crippen molar-refractivity contribution in [3.63, 3.8) is 0 Å². The number of nitrogens with two attached hydrogens (primary N) is 1. The van der Waals surface area contributed by atoms with Crippen molar-refractivity contribution in [2.75, 3.05) is 18.5 Å². The average molecular weight is 263 g/mol. The van der Waals surface area contributed by atoms with Crippen molar-refractivity contribution >= 4 is 11.4 Å². The minimum Gasteiger partial charge on any atom is -0.371 e. The summed E-state index contributed by atoms with van der Waals surface area (Å²) in [5, 5.41) is 11.0. The third-order valence-corrected chi connectivity index (χ3v) is 4.22. The molecule has 2 rings (SSSR count). The molecule has 104 valence electrons. The molecule has 5 nitrogen and oxygen atoms in total. The minimum absolute atomic E-state index is 0.187. The van der Waals surface area contributed by atoms with E-state index >= 15 is 0 Å². The van der Waals surface area contributed by atoms with E-state index in [4.69, 9.17) is 5.73 Å². The fourth-order valence-corrected chi connectivity index (χ4v) is 3.01. The first-order chi connectivity index (χ1) is 9.04. The van der Waals surface area contributed by atoms with Gasteiger partial charge in [-0.2, -0.15) is 0 Å². The number of anilines is 1. The lowest BCUT2D eigenvalue weighted by Gasteiger charge is -2.31. The number of aryl methyl sites for hydroxylation is 1. The largest absolute Gasteiger partial charge is 0.371 e. The molecule has 1 aromatic carbocycles. The van der Waals surface area contributed by atoms with Gasteiger partial charge in [-0.25, -0.2) is 0 Å². The first-order valence-electron chi connectivity index (χ1n) is 6.72. The molecule has 0 saturated heterocycles. The predicted octanol–water partition coefficient (Wildman–Crippen LogP) is 2.47. The van der Waals surface area contributed by atoms with E-state index in [9.17, 15) is 10.1 Å². The van der Waals surface area contributed by atoms with E-state index in [0.717, 1.165) is 18.5 Å². The Bertz CT molecular complexity index is 476. The SMILES string of the molecule is Cc1ccc(N(C)C2CCCC2CN)cc1[N+](=O)[O-]. The highest BCUT2D eigenvalue weighted by molar-refractivity contribution is 5.56. The molecular weight excluding hydrogens is 242 g/mol. The molecule has 1 aliphatic carbocycles. The summed E-state index contributed by atoms with van der Waals surface area (Å²) in [4.78, 5) is 12.8. The zero-order valence-electron chi connectivity index (χ0n) is 11.5. The maximum atomic E-state index is 11.0. The van der Waals surface area contributed by atoms with Crippen molar-refractivity contribution in [3.8, 4) is 0 Å². The van der Waals surface area contributed by atoms with Crippen LogP contribution in [0.25, 0.3) is 0 Å². The van der Waals surface area contributed by atoms with Gasteiger partial charge in [-0.3, -0.25) is 10.1 Å². The summed E-state index contributed by atoms with van der Waals surface area (Å²) >= 11 is 0. The number of hydrogen-bond donors (Lipinski definition) is 1. The van der Waals surface area contributed by atoms with Crippen molar-refractivity contribution < 1.29 is 4.92 Å². The van der Waals surface area contributed by atoms with E-state index in [-0.39, 0.29) is 10.6 Å². The van der Waals surface area contributed by atoms with E-state index in [1.54, 1.807) is 13.0 Å². The smallest absolute Gasteiger partial charge is 0.274 e. The molecule has 2 atom stereocenters. The van der Waals surface area contributed by atoms with Crippen molar-refractivity contribution in [1.82, 2.24) is 0 Å². The van der Waals surface area contributed by atoms with Crippen LogP contribution in [0.5, 0.6) is 0 Å². The van der Waals surface area contributed by atoms with Gasteiger partial charge in [0, 0.05) is 30.4 Å². The average Bonchev–Trinajstić information content (AvgIpc) is 2.86. The molecule has 0 bridgehead atoms. The summed E-state index contributed by atoms with van der Waals surface area (Å²) in [5.41, 5.74) is 7.60. The number of hydrogen-bond acceptors (Lipinski definition) is 4. The highest BCUT2D eigenvalue weighted by Crippen LogP contribution is 2.33. The number of benzene rings is 1.